The Morgan fingerprint density at radius 3 is 2.64 bits per heavy atom. The molecule has 2 heterocycles. The zero-order valence-corrected chi connectivity index (χ0v) is 19.3. The van der Waals surface area contributed by atoms with Crippen LogP contribution in [-0.4, -0.2) is 29.0 Å². The summed E-state index contributed by atoms with van der Waals surface area (Å²) in [6.07, 6.45) is 3.96. The van der Waals surface area contributed by atoms with E-state index in [0.29, 0.717) is 12.5 Å². The monoisotopic (exact) mass is 493 g/mol. The lowest BCUT2D eigenvalue weighted by molar-refractivity contribution is 0.791. The summed E-state index contributed by atoms with van der Waals surface area (Å²) in [5.41, 5.74) is 1.15. The Morgan fingerprint density at radius 1 is 1.24 bits per heavy atom. The topological polar surface area (TPSA) is 62.2 Å². The number of rotatable bonds is 8. The molecule has 0 aliphatic carbocycles. The van der Waals surface area contributed by atoms with Crippen molar-refractivity contribution in [3.8, 4) is 0 Å². The second kappa shape index (κ2) is 11.8. The molecule has 0 saturated carbocycles. The molecule has 25 heavy (non-hydrogen) atoms. The average Bonchev–Trinajstić information content (AvgIpc) is 3.22. The lowest BCUT2D eigenvalue weighted by atomic mass is 10.2. The number of thiazole rings is 2. The highest BCUT2D eigenvalue weighted by Crippen LogP contribution is 2.18. The van der Waals surface area contributed by atoms with Crippen LogP contribution in [0.4, 0.5) is 0 Å². The normalized spacial score (nSPS) is 11.5. The number of aliphatic imine (C=N–C) groups is 1. The number of nitrogens with zero attached hydrogens (tertiary/aromatic N) is 3. The molecule has 0 aliphatic rings. The average molecular weight is 493 g/mol. The summed E-state index contributed by atoms with van der Waals surface area (Å²) in [7, 11) is 0. The van der Waals surface area contributed by atoms with E-state index in [1.54, 1.807) is 22.7 Å². The molecule has 0 saturated heterocycles. The first-order valence-corrected chi connectivity index (χ1v) is 10.2. The van der Waals surface area contributed by atoms with Crippen molar-refractivity contribution in [1.82, 2.24) is 20.6 Å². The van der Waals surface area contributed by atoms with E-state index in [4.69, 9.17) is 0 Å². The lowest BCUT2D eigenvalue weighted by Gasteiger charge is -2.10. The highest BCUT2D eigenvalue weighted by Gasteiger charge is 2.06. The molecule has 0 aliphatic heterocycles. The van der Waals surface area contributed by atoms with Gasteiger partial charge in [0.2, 0.25) is 0 Å². The van der Waals surface area contributed by atoms with Gasteiger partial charge in [0.15, 0.2) is 5.96 Å². The molecule has 5 nitrogen and oxygen atoms in total. The smallest absolute Gasteiger partial charge is 0.191 e. The summed E-state index contributed by atoms with van der Waals surface area (Å²) in [5, 5.41) is 11.0. The van der Waals surface area contributed by atoms with Gasteiger partial charge in [-0.05, 0) is 19.3 Å². The SMILES string of the molecule is CCNC(=NCc1nc(C(C)C)cs1)NCCc1ncc(CC)s1.I. The van der Waals surface area contributed by atoms with Gasteiger partial charge in [-0.3, -0.25) is 0 Å². The van der Waals surface area contributed by atoms with E-state index >= 15 is 0 Å². The van der Waals surface area contributed by atoms with Gasteiger partial charge < -0.3 is 10.6 Å². The molecule has 0 aromatic carbocycles. The van der Waals surface area contributed by atoms with Gasteiger partial charge in [0, 0.05) is 36.0 Å². The van der Waals surface area contributed by atoms with Gasteiger partial charge in [0.05, 0.1) is 17.2 Å². The molecule has 2 aromatic heterocycles. The Hall–Kier alpha value is -0.740. The Labute approximate surface area is 175 Å². The van der Waals surface area contributed by atoms with Crippen LogP contribution < -0.4 is 10.6 Å². The zero-order valence-electron chi connectivity index (χ0n) is 15.3. The number of halogens is 1. The molecule has 2 N–H and O–H groups in total. The maximum absolute atomic E-state index is 4.63. The molecule has 0 fully saturated rings. The van der Waals surface area contributed by atoms with Crippen molar-refractivity contribution in [3.63, 3.8) is 0 Å². The number of nitrogens with one attached hydrogen (secondary N) is 2. The van der Waals surface area contributed by atoms with Crippen LogP contribution in [0.15, 0.2) is 16.6 Å². The third-order valence-corrected chi connectivity index (χ3v) is 5.51. The van der Waals surface area contributed by atoms with Crippen molar-refractivity contribution in [2.24, 2.45) is 4.99 Å². The van der Waals surface area contributed by atoms with Crippen LogP contribution in [0.5, 0.6) is 0 Å². The van der Waals surface area contributed by atoms with E-state index in [2.05, 4.69) is 58.7 Å². The van der Waals surface area contributed by atoms with Crippen molar-refractivity contribution < 1.29 is 0 Å². The van der Waals surface area contributed by atoms with Gasteiger partial charge in [-0.15, -0.1) is 46.7 Å². The highest BCUT2D eigenvalue weighted by molar-refractivity contribution is 14.0. The predicted molar refractivity (Wildman–Crippen MR) is 120 cm³/mol. The van der Waals surface area contributed by atoms with Gasteiger partial charge >= 0.3 is 0 Å². The van der Waals surface area contributed by atoms with Gasteiger partial charge in [-0.25, -0.2) is 15.0 Å². The standard InChI is InChI=1S/C17H27N5S2.HI/c1-5-13-9-20-15(24-13)7-8-19-17(18-6-2)21-10-16-22-14(11-23-16)12(3)4;/h9,11-12H,5-8,10H2,1-4H3,(H2,18,19,21);1H. The highest BCUT2D eigenvalue weighted by atomic mass is 127. The number of hydrogen-bond acceptors (Lipinski definition) is 5. The van der Waals surface area contributed by atoms with Crippen LogP contribution in [0.3, 0.4) is 0 Å². The molecule has 0 unspecified atom stereocenters. The molecule has 2 rings (SSSR count). The number of aromatic nitrogens is 2. The van der Waals surface area contributed by atoms with Crippen LogP contribution in [0.1, 0.15) is 54.2 Å². The fourth-order valence-corrected chi connectivity index (χ4v) is 3.81. The van der Waals surface area contributed by atoms with Gasteiger partial charge in [0.1, 0.15) is 5.01 Å². The third-order valence-electron chi connectivity index (χ3n) is 3.46. The van der Waals surface area contributed by atoms with Gasteiger partial charge in [-0.2, -0.15) is 0 Å². The largest absolute Gasteiger partial charge is 0.357 e. The number of guanidine groups is 1. The van der Waals surface area contributed by atoms with E-state index < -0.39 is 0 Å². The van der Waals surface area contributed by atoms with E-state index in [1.807, 2.05) is 6.20 Å². The Balaban J connectivity index is 0.00000312. The third kappa shape index (κ3) is 7.57. The molecule has 8 heteroatoms. The molecule has 2 aromatic rings. The molecule has 0 radical (unpaired) electrons. The van der Waals surface area contributed by atoms with E-state index in [1.165, 1.54) is 9.88 Å². The Kier molecular flexibility index (Phi) is 10.5. The molecular weight excluding hydrogens is 465 g/mol. The lowest BCUT2D eigenvalue weighted by Crippen LogP contribution is -2.38. The van der Waals surface area contributed by atoms with Crippen molar-refractivity contribution >= 4 is 52.6 Å². The molecule has 0 amide bonds. The second-order valence-electron chi connectivity index (χ2n) is 5.77. The quantitative estimate of drug-likeness (QED) is 0.329. The Morgan fingerprint density at radius 2 is 2.04 bits per heavy atom. The van der Waals surface area contributed by atoms with E-state index in [-0.39, 0.29) is 24.0 Å². The van der Waals surface area contributed by atoms with Crippen molar-refractivity contribution in [1.29, 1.82) is 0 Å². The molecule has 0 spiro atoms. The first kappa shape index (κ1) is 22.3. The number of hydrogen-bond donors (Lipinski definition) is 2. The summed E-state index contributed by atoms with van der Waals surface area (Å²) in [6.45, 7) is 10.9. The summed E-state index contributed by atoms with van der Waals surface area (Å²) in [5.74, 6) is 1.31. The first-order valence-electron chi connectivity index (χ1n) is 8.52. The minimum absolute atomic E-state index is 0. The van der Waals surface area contributed by atoms with Crippen molar-refractivity contribution in [2.45, 2.75) is 53.0 Å². The van der Waals surface area contributed by atoms with Crippen LogP contribution in [0.2, 0.25) is 0 Å². The van der Waals surface area contributed by atoms with Crippen molar-refractivity contribution in [3.05, 3.63) is 32.2 Å². The maximum Gasteiger partial charge on any atom is 0.191 e. The predicted octanol–water partition coefficient (Wildman–Crippen LogP) is 4.20. The van der Waals surface area contributed by atoms with Crippen LogP contribution in [0.25, 0.3) is 0 Å². The summed E-state index contributed by atoms with van der Waals surface area (Å²) >= 11 is 3.48. The fourth-order valence-electron chi connectivity index (χ4n) is 2.07. The van der Waals surface area contributed by atoms with Crippen LogP contribution >= 0.6 is 46.7 Å². The summed E-state index contributed by atoms with van der Waals surface area (Å²) in [4.78, 5) is 15.1. The molecule has 0 atom stereocenters. The van der Waals surface area contributed by atoms with Crippen LogP contribution in [0, 0.1) is 0 Å². The van der Waals surface area contributed by atoms with Gasteiger partial charge in [0.25, 0.3) is 0 Å². The van der Waals surface area contributed by atoms with Gasteiger partial charge in [-0.1, -0.05) is 20.8 Å². The summed E-state index contributed by atoms with van der Waals surface area (Å²) in [6, 6.07) is 0. The number of aryl methyl sites for hydroxylation is 1. The Bertz CT molecular complexity index is 651. The molecule has 0 bridgehead atoms. The molecule has 140 valence electrons. The van der Waals surface area contributed by atoms with E-state index in [0.717, 1.165) is 42.6 Å². The maximum atomic E-state index is 4.63. The van der Waals surface area contributed by atoms with Crippen LogP contribution in [-0.2, 0) is 19.4 Å². The van der Waals surface area contributed by atoms with E-state index in [9.17, 15) is 0 Å². The van der Waals surface area contributed by atoms with Crippen molar-refractivity contribution in [2.75, 3.05) is 13.1 Å². The minimum atomic E-state index is 0. The second-order valence-corrected chi connectivity index (χ2v) is 7.91. The minimum Gasteiger partial charge on any atom is -0.357 e. The first-order chi connectivity index (χ1) is 11.6. The molecular formula is C17H28IN5S2. The summed E-state index contributed by atoms with van der Waals surface area (Å²) < 4.78 is 0. The zero-order chi connectivity index (χ0) is 17.4. The fraction of sp³-hybridized carbons (Fsp3) is 0.588.